The molecule has 0 aliphatic carbocycles. The van der Waals surface area contributed by atoms with Gasteiger partial charge in [0.2, 0.25) is 5.91 Å². The van der Waals surface area contributed by atoms with Gasteiger partial charge < -0.3 is 15.0 Å². The highest BCUT2D eigenvalue weighted by molar-refractivity contribution is 8.01. The first kappa shape index (κ1) is 16.6. The lowest BCUT2D eigenvalue weighted by Crippen LogP contribution is -2.46. The van der Waals surface area contributed by atoms with E-state index in [-0.39, 0.29) is 23.4 Å². The van der Waals surface area contributed by atoms with Crippen molar-refractivity contribution in [2.45, 2.75) is 30.7 Å². The highest BCUT2D eigenvalue weighted by Gasteiger charge is 2.53. The Bertz CT molecular complexity index is 705. The summed E-state index contributed by atoms with van der Waals surface area (Å²) in [5, 5.41) is 12.0. The molecule has 0 saturated carbocycles. The fourth-order valence-corrected chi connectivity index (χ4v) is 4.47. The van der Waals surface area contributed by atoms with Crippen molar-refractivity contribution < 1.29 is 14.3 Å². The maximum Gasteiger partial charge on any atom is 0.329 e. The Labute approximate surface area is 144 Å². The number of pyridine rings is 1. The number of hydrogen-bond acceptors (Lipinski definition) is 7. The normalized spacial score (nSPS) is 25.2. The van der Waals surface area contributed by atoms with E-state index in [1.54, 1.807) is 35.0 Å². The van der Waals surface area contributed by atoms with Gasteiger partial charge in [0.1, 0.15) is 24.5 Å². The minimum absolute atomic E-state index is 0.0229. The lowest BCUT2D eigenvalue weighted by molar-refractivity contribution is -0.153. The van der Waals surface area contributed by atoms with Crippen LogP contribution in [0.3, 0.4) is 0 Å². The van der Waals surface area contributed by atoms with Gasteiger partial charge in [0.15, 0.2) is 0 Å². The number of nitrogens with zero attached hydrogens (tertiary/aromatic N) is 3. The van der Waals surface area contributed by atoms with Crippen molar-refractivity contribution in [3.05, 3.63) is 23.9 Å². The molecule has 2 aliphatic rings. The molecule has 126 valence electrons. The third-order valence-corrected chi connectivity index (χ3v) is 5.79. The number of ether oxygens (including phenoxy) is 1. The van der Waals surface area contributed by atoms with Gasteiger partial charge in [-0.3, -0.25) is 4.79 Å². The van der Waals surface area contributed by atoms with E-state index in [4.69, 9.17) is 10.00 Å². The summed E-state index contributed by atoms with van der Waals surface area (Å²) in [6.45, 7) is 2.50. The van der Waals surface area contributed by atoms with Crippen LogP contribution < -0.4 is 5.32 Å². The maximum atomic E-state index is 12.3. The molecule has 1 aromatic heterocycles. The fourth-order valence-electron chi connectivity index (χ4n) is 3.05. The van der Waals surface area contributed by atoms with Gasteiger partial charge in [-0.2, -0.15) is 5.26 Å². The van der Waals surface area contributed by atoms with Crippen LogP contribution in [-0.4, -0.2) is 51.6 Å². The zero-order valence-electron chi connectivity index (χ0n) is 13.3. The van der Waals surface area contributed by atoms with E-state index in [9.17, 15) is 9.59 Å². The molecule has 8 heteroatoms. The van der Waals surface area contributed by atoms with Crippen LogP contribution in [0.25, 0.3) is 0 Å². The molecule has 0 radical (unpaired) electrons. The Kier molecular flexibility index (Phi) is 4.62. The highest BCUT2D eigenvalue weighted by Crippen LogP contribution is 2.47. The van der Waals surface area contributed by atoms with Crippen LogP contribution in [0.1, 0.15) is 25.3 Å². The van der Waals surface area contributed by atoms with Crippen LogP contribution in [0.15, 0.2) is 18.3 Å². The topological polar surface area (TPSA) is 95.3 Å². The summed E-state index contributed by atoms with van der Waals surface area (Å²) < 4.78 is 5.30. The predicted octanol–water partition coefficient (Wildman–Crippen LogP) is 1.36. The molecule has 0 unspecified atom stereocenters. The number of rotatable bonds is 5. The molecular weight excluding hydrogens is 328 g/mol. The molecule has 3 rings (SSSR count). The van der Waals surface area contributed by atoms with Gasteiger partial charge in [0.05, 0.1) is 17.0 Å². The third-order valence-electron chi connectivity index (χ3n) is 4.28. The Morgan fingerprint density at radius 2 is 2.50 bits per heavy atom. The monoisotopic (exact) mass is 346 g/mol. The minimum Gasteiger partial charge on any atom is -0.462 e. The Balaban J connectivity index is 1.50. The van der Waals surface area contributed by atoms with Crippen molar-refractivity contribution in [3.63, 3.8) is 0 Å². The first-order valence-corrected chi connectivity index (χ1v) is 8.75. The number of carbonyl (C=O) groups excluding carboxylic acids is 2. The molecular formula is C16H18N4O3S. The second-order valence-corrected chi connectivity index (χ2v) is 7.37. The average Bonchev–Trinajstić information content (AvgIpc) is 3.08. The molecule has 24 heavy (non-hydrogen) atoms. The highest BCUT2D eigenvalue weighted by atomic mass is 32.2. The summed E-state index contributed by atoms with van der Waals surface area (Å²) in [6, 6.07) is 4.89. The van der Waals surface area contributed by atoms with Gasteiger partial charge in [0, 0.05) is 18.4 Å². The Morgan fingerprint density at radius 3 is 3.29 bits per heavy atom. The van der Waals surface area contributed by atoms with E-state index in [0.717, 1.165) is 6.42 Å². The number of thioether (sulfide) groups is 1. The van der Waals surface area contributed by atoms with Crippen molar-refractivity contribution >= 4 is 29.5 Å². The van der Waals surface area contributed by atoms with Crippen LogP contribution in [0.2, 0.25) is 0 Å². The summed E-state index contributed by atoms with van der Waals surface area (Å²) in [5.74, 6) is 0.696. The van der Waals surface area contributed by atoms with E-state index in [1.165, 1.54) is 0 Å². The van der Waals surface area contributed by atoms with Gasteiger partial charge in [-0.1, -0.05) is 0 Å². The van der Waals surface area contributed by atoms with Gasteiger partial charge in [-0.15, -0.1) is 11.8 Å². The SMILES string of the molecule is C[C@]12CCC(=O)N1[C@H](C(=O)OCCNc1ncccc1C#N)CS2. The lowest BCUT2D eigenvalue weighted by Gasteiger charge is -2.29. The zero-order chi connectivity index (χ0) is 17.2. The smallest absolute Gasteiger partial charge is 0.329 e. The molecule has 3 heterocycles. The quantitative estimate of drug-likeness (QED) is 0.635. The largest absolute Gasteiger partial charge is 0.462 e. The van der Waals surface area contributed by atoms with E-state index in [2.05, 4.69) is 10.3 Å². The van der Waals surface area contributed by atoms with Gasteiger partial charge >= 0.3 is 5.97 Å². The summed E-state index contributed by atoms with van der Waals surface area (Å²) in [7, 11) is 0. The number of esters is 1. The van der Waals surface area contributed by atoms with Gasteiger partial charge in [-0.25, -0.2) is 9.78 Å². The van der Waals surface area contributed by atoms with Crippen molar-refractivity contribution in [1.82, 2.24) is 9.88 Å². The third kappa shape index (κ3) is 3.04. The number of nitrogens with one attached hydrogen (secondary N) is 1. The van der Waals surface area contributed by atoms with Gasteiger partial charge in [0.25, 0.3) is 0 Å². The Hall–Kier alpha value is -2.27. The Morgan fingerprint density at radius 1 is 1.67 bits per heavy atom. The van der Waals surface area contributed by atoms with E-state index in [0.29, 0.717) is 30.1 Å². The van der Waals surface area contributed by atoms with Crippen LogP contribution in [0, 0.1) is 11.3 Å². The number of carbonyl (C=O) groups is 2. The molecule has 2 fully saturated rings. The summed E-state index contributed by atoms with van der Waals surface area (Å²) in [4.78, 5) is 29.8. The molecule has 1 aromatic rings. The molecule has 0 spiro atoms. The molecule has 7 nitrogen and oxygen atoms in total. The molecule has 2 atom stereocenters. The van der Waals surface area contributed by atoms with E-state index >= 15 is 0 Å². The standard InChI is InChI=1S/C16H18N4O3S/c1-16-5-4-13(21)20(16)12(10-24-16)15(22)23-8-7-19-14-11(9-17)3-2-6-18-14/h2-3,6,12H,4-5,7-8,10H2,1H3,(H,18,19)/t12-,16-/m0/s1. The average molecular weight is 346 g/mol. The van der Waals surface area contributed by atoms with Crippen LogP contribution in [-0.2, 0) is 14.3 Å². The molecule has 0 aromatic carbocycles. The number of aromatic nitrogens is 1. The molecule has 1 amide bonds. The minimum atomic E-state index is -0.500. The fraction of sp³-hybridized carbons (Fsp3) is 0.500. The first-order chi connectivity index (χ1) is 11.5. The van der Waals surface area contributed by atoms with Crippen molar-refractivity contribution in [2.24, 2.45) is 0 Å². The number of nitriles is 1. The number of hydrogen-bond donors (Lipinski definition) is 1. The molecule has 1 N–H and O–H groups in total. The second kappa shape index (κ2) is 6.69. The first-order valence-electron chi connectivity index (χ1n) is 7.77. The molecule has 2 saturated heterocycles. The number of amides is 1. The van der Waals surface area contributed by atoms with Crippen molar-refractivity contribution in [3.8, 4) is 6.07 Å². The van der Waals surface area contributed by atoms with E-state index < -0.39 is 6.04 Å². The summed E-state index contributed by atoms with van der Waals surface area (Å²) in [6.07, 6.45) is 2.86. The maximum absolute atomic E-state index is 12.3. The predicted molar refractivity (Wildman–Crippen MR) is 89.1 cm³/mol. The summed E-state index contributed by atoms with van der Waals surface area (Å²) >= 11 is 1.64. The van der Waals surface area contributed by atoms with Crippen molar-refractivity contribution in [2.75, 3.05) is 24.2 Å². The van der Waals surface area contributed by atoms with Crippen LogP contribution >= 0.6 is 11.8 Å². The molecule has 2 aliphatic heterocycles. The molecule has 0 bridgehead atoms. The summed E-state index contributed by atoms with van der Waals surface area (Å²) in [5.41, 5.74) is 0.439. The van der Waals surface area contributed by atoms with Gasteiger partial charge in [-0.05, 0) is 25.5 Å². The van der Waals surface area contributed by atoms with E-state index in [1.807, 2.05) is 13.0 Å². The second-order valence-electron chi connectivity index (χ2n) is 5.87. The zero-order valence-corrected chi connectivity index (χ0v) is 14.1. The number of anilines is 1. The van der Waals surface area contributed by atoms with Crippen molar-refractivity contribution in [1.29, 1.82) is 5.26 Å². The van der Waals surface area contributed by atoms with Crippen LogP contribution in [0.5, 0.6) is 0 Å². The van der Waals surface area contributed by atoms with Crippen LogP contribution in [0.4, 0.5) is 5.82 Å². The number of fused-ring (bicyclic) bond motifs is 1. The lowest BCUT2D eigenvalue weighted by atomic mass is 10.2.